The van der Waals surface area contributed by atoms with Gasteiger partial charge in [-0.3, -0.25) is 0 Å². The highest BCUT2D eigenvalue weighted by Gasteiger charge is 2.08. The van der Waals surface area contributed by atoms with E-state index < -0.39 is 0 Å². The number of likely N-dealkylation sites (N-methyl/N-ethyl adjacent to an activating group) is 1. The molecule has 0 aliphatic heterocycles. The van der Waals surface area contributed by atoms with Crippen molar-refractivity contribution in [2.75, 3.05) is 27.8 Å². The summed E-state index contributed by atoms with van der Waals surface area (Å²) in [4.78, 5) is 1.47. The van der Waals surface area contributed by atoms with Crippen molar-refractivity contribution < 1.29 is 9.47 Å². The van der Waals surface area contributed by atoms with Crippen LogP contribution in [0.1, 0.15) is 5.82 Å². The summed E-state index contributed by atoms with van der Waals surface area (Å²) in [7, 11) is 5.09. The topological polar surface area (TPSA) is 74.1 Å². The smallest absolute Gasteiger partial charge is 0.176 e. The number of aromatic nitrogens is 4. The highest BCUT2D eigenvalue weighted by Crippen LogP contribution is 2.23. The second-order valence-corrected chi connectivity index (χ2v) is 3.92. The van der Waals surface area contributed by atoms with E-state index >= 15 is 0 Å². The van der Waals surface area contributed by atoms with Crippen molar-refractivity contribution in [1.82, 2.24) is 25.5 Å². The molecule has 2 aromatic rings. The second kappa shape index (κ2) is 6.14. The number of benzene rings is 1. The predicted molar refractivity (Wildman–Crippen MR) is 69.9 cm³/mol. The highest BCUT2D eigenvalue weighted by atomic mass is 16.5. The first kappa shape index (κ1) is 13.3. The summed E-state index contributed by atoms with van der Waals surface area (Å²) in [5.74, 6) is 2.06. The summed E-state index contributed by atoms with van der Waals surface area (Å²) in [5, 5.41) is 15.4. The third-order valence-corrected chi connectivity index (χ3v) is 2.62. The van der Waals surface area contributed by atoms with Crippen molar-refractivity contribution in [3.8, 4) is 17.2 Å². The first-order valence-corrected chi connectivity index (χ1v) is 5.93. The van der Waals surface area contributed by atoms with Crippen molar-refractivity contribution in [3.63, 3.8) is 0 Å². The molecule has 0 atom stereocenters. The molecule has 2 rings (SSSR count). The number of rotatable bonds is 6. The zero-order valence-electron chi connectivity index (χ0n) is 11.3. The molecule has 0 saturated heterocycles. The summed E-state index contributed by atoms with van der Waals surface area (Å²) < 4.78 is 10.4. The van der Waals surface area contributed by atoms with Crippen LogP contribution in [-0.4, -0.2) is 48.0 Å². The van der Waals surface area contributed by atoms with Crippen LogP contribution < -0.4 is 14.8 Å². The largest absolute Gasteiger partial charge is 0.497 e. The van der Waals surface area contributed by atoms with Gasteiger partial charge in [0.05, 0.1) is 19.9 Å². The van der Waals surface area contributed by atoms with E-state index in [1.54, 1.807) is 20.3 Å². The lowest BCUT2D eigenvalue weighted by Crippen LogP contribution is -2.11. The Morgan fingerprint density at radius 1 is 1.16 bits per heavy atom. The van der Waals surface area contributed by atoms with Crippen molar-refractivity contribution in [1.29, 1.82) is 0 Å². The normalized spacial score (nSPS) is 10.5. The lowest BCUT2D eigenvalue weighted by Gasteiger charge is -2.06. The zero-order valence-corrected chi connectivity index (χ0v) is 11.3. The second-order valence-electron chi connectivity index (χ2n) is 3.92. The summed E-state index contributed by atoms with van der Waals surface area (Å²) in [5.41, 5.74) is 0.749. The quantitative estimate of drug-likeness (QED) is 0.815. The molecule has 0 fully saturated rings. The first-order valence-electron chi connectivity index (χ1n) is 5.93. The number of nitrogens with one attached hydrogen (secondary N) is 1. The van der Waals surface area contributed by atoms with Crippen molar-refractivity contribution in [3.05, 3.63) is 24.0 Å². The molecule has 19 heavy (non-hydrogen) atoms. The molecule has 7 nitrogen and oxygen atoms in total. The molecule has 0 bridgehead atoms. The van der Waals surface area contributed by atoms with E-state index in [0.717, 1.165) is 18.7 Å². The maximum absolute atomic E-state index is 5.21. The summed E-state index contributed by atoms with van der Waals surface area (Å²) in [6.45, 7) is 0.813. The molecule has 0 spiro atoms. The highest BCUT2D eigenvalue weighted by molar-refractivity contribution is 5.45. The van der Waals surface area contributed by atoms with Gasteiger partial charge in [0.1, 0.15) is 11.5 Å². The van der Waals surface area contributed by atoms with Crippen LogP contribution in [0.3, 0.4) is 0 Å². The minimum Gasteiger partial charge on any atom is -0.497 e. The molecule has 0 aliphatic rings. The number of hydrogen-bond donors (Lipinski definition) is 1. The zero-order chi connectivity index (χ0) is 13.7. The molecular formula is C12H17N5O2. The molecule has 1 heterocycles. The Labute approximate surface area is 111 Å². The molecule has 0 radical (unpaired) electrons. The molecule has 1 aromatic heterocycles. The molecular weight excluding hydrogens is 246 g/mol. The minimum absolute atomic E-state index is 0.684. The number of hydrogen-bond acceptors (Lipinski definition) is 6. The Hall–Kier alpha value is -2.15. The van der Waals surface area contributed by atoms with E-state index in [0.29, 0.717) is 17.3 Å². The Morgan fingerprint density at radius 3 is 2.42 bits per heavy atom. The van der Waals surface area contributed by atoms with Gasteiger partial charge in [-0.1, -0.05) is 0 Å². The molecule has 102 valence electrons. The fourth-order valence-corrected chi connectivity index (χ4v) is 1.60. The first-order chi connectivity index (χ1) is 9.26. The molecule has 0 aliphatic carbocycles. The SMILES string of the molecule is CNCCc1nnn(-c2cc(OC)cc(OC)c2)n1. The number of tetrazole rings is 1. The van der Waals surface area contributed by atoms with Crippen LogP contribution in [0, 0.1) is 0 Å². The molecule has 7 heteroatoms. The molecule has 1 aromatic carbocycles. The van der Waals surface area contributed by atoms with E-state index in [4.69, 9.17) is 9.47 Å². The predicted octanol–water partition coefficient (Wildman–Crippen LogP) is 0.441. The molecule has 0 amide bonds. The van der Waals surface area contributed by atoms with Gasteiger partial charge in [-0.25, -0.2) is 0 Å². The third-order valence-electron chi connectivity index (χ3n) is 2.62. The van der Waals surface area contributed by atoms with E-state index in [-0.39, 0.29) is 0 Å². The van der Waals surface area contributed by atoms with Crippen LogP contribution in [-0.2, 0) is 6.42 Å². The van der Waals surface area contributed by atoms with E-state index in [1.807, 2.05) is 19.2 Å². The van der Waals surface area contributed by atoms with E-state index in [9.17, 15) is 0 Å². The molecule has 0 saturated carbocycles. The lowest BCUT2D eigenvalue weighted by molar-refractivity contribution is 0.393. The maximum Gasteiger partial charge on any atom is 0.176 e. The van der Waals surface area contributed by atoms with Gasteiger partial charge in [-0.05, 0) is 12.3 Å². The van der Waals surface area contributed by atoms with E-state index in [2.05, 4.69) is 20.7 Å². The summed E-state index contributed by atoms with van der Waals surface area (Å²) in [6.07, 6.45) is 0.734. The van der Waals surface area contributed by atoms with Gasteiger partial charge < -0.3 is 14.8 Å². The summed E-state index contributed by atoms with van der Waals surface area (Å²) >= 11 is 0. The van der Waals surface area contributed by atoms with Crippen LogP contribution in [0.4, 0.5) is 0 Å². The monoisotopic (exact) mass is 263 g/mol. The Bertz CT molecular complexity index is 518. The van der Waals surface area contributed by atoms with Gasteiger partial charge in [0, 0.05) is 31.2 Å². The van der Waals surface area contributed by atoms with Crippen LogP contribution >= 0.6 is 0 Å². The van der Waals surface area contributed by atoms with Crippen LogP contribution in [0.15, 0.2) is 18.2 Å². The number of ether oxygens (including phenoxy) is 2. The Kier molecular flexibility index (Phi) is 4.30. The fourth-order valence-electron chi connectivity index (χ4n) is 1.60. The minimum atomic E-state index is 0.684. The molecule has 0 unspecified atom stereocenters. The van der Waals surface area contributed by atoms with Crippen LogP contribution in [0.2, 0.25) is 0 Å². The van der Waals surface area contributed by atoms with Gasteiger partial charge in [0.2, 0.25) is 0 Å². The van der Waals surface area contributed by atoms with Crippen molar-refractivity contribution in [2.45, 2.75) is 6.42 Å². The standard InChI is InChI=1S/C12H17N5O2/c1-13-5-4-12-14-16-17(15-12)9-6-10(18-2)8-11(7-9)19-3/h6-8,13H,4-5H2,1-3H3. The average Bonchev–Trinajstić information content (AvgIpc) is 2.93. The van der Waals surface area contributed by atoms with Gasteiger partial charge in [0.25, 0.3) is 0 Å². The van der Waals surface area contributed by atoms with Gasteiger partial charge in [0.15, 0.2) is 5.82 Å². The number of nitrogens with zero attached hydrogens (tertiary/aromatic N) is 4. The lowest BCUT2D eigenvalue weighted by atomic mass is 10.3. The van der Waals surface area contributed by atoms with Gasteiger partial charge >= 0.3 is 0 Å². The molecule has 1 N–H and O–H groups in total. The number of methoxy groups -OCH3 is 2. The van der Waals surface area contributed by atoms with E-state index in [1.165, 1.54) is 4.80 Å². The Morgan fingerprint density at radius 2 is 1.84 bits per heavy atom. The van der Waals surface area contributed by atoms with Crippen LogP contribution in [0.5, 0.6) is 11.5 Å². The van der Waals surface area contributed by atoms with Crippen molar-refractivity contribution >= 4 is 0 Å². The fraction of sp³-hybridized carbons (Fsp3) is 0.417. The van der Waals surface area contributed by atoms with Crippen molar-refractivity contribution in [2.24, 2.45) is 0 Å². The van der Waals surface area contributed by atoms with Crippen LogP contribution in [0.25, 0.3) is 5.69 Å². The van der Waals surface area contributed by atoms with Gasteiger partial charge in [-0.15, -0.1) is 15.0 Å². The third kappa shape index (κ3) is 3.19. The average molecular weight is 263 g/mol. The summed E-state index contributed by atoms with van der Waals surface area (Å²) in [6, 6.07) is 5.44. The maximum atomic E-state index is 5.21. The Balaban J connectivity index is 2.27. The van der Waals surface area contributed by atoms with Gasteiger partial charge in [-0.2, -0.15) is 0 Å².